The van der Waals surface area contributed by atoms with Gasteiger partial charge >= 0.3 is 0 Å². The molecule has 0 amide bonds. The number of halogens is 2. The number of benzene rings is 4. The monoisotopic (exact) mass is 996 g/mol. The fourth-order valence-electron chi connectivity index (χ4n) is 11.5. The first kappa shape index (κ1) is 49.3. The molecule has 2 aliphatic rings. The lowest BCUT2D eigenvalue weighted by atomic mass is 9.86. The zero-order chi connectivity index (χ0) is 51.5. The van der Waals surface area contributed by atoms with Crippen LogP contribution in [-0.2, 0) is 20.7 Å². The van der Waals surface area contributed by atoms with Gasteiger partial charge in [-0.2, -0.15) is 0 Å². The maximum atomic E-state index is 14.0. The van der Waals surface area contributed by atoms with Crippen LogP contribution in [0.4, 0.5) is 8.78 Å². The van der Waals surface area contributed by atoms with Gasteiger partial charge in [0.2, 0.25) is 0 Å². The van der Waals surface area contributed by atoms with Crippen molar-refractivity contribution < 1.29 is 37.3 Å². The van der Waals surface area contributed by atoms with E-state index in [9.17, 15) is 19.0 Å². The average molecular weight is 997 g/mol. The van der Waals surface area contributed by atoms with Crippen molar-refractivity contribution >= 4 is 43.9 Å². The highest BCUT2D eigenvalue weighted by molar-refractivity contribution is 6.08. The number of furan rings is 2. The molecular formula is C62H62F2N4O6. The molecule has 0 radical (unpaired) electrons. The van der Waals surface area contributed by atoms with E-state index in [4.69, 9.17) is 28.3 Å². The molecule has 2 fully saturated rings. The predicted molar refractivity (Wildman–Crippen MR) is 286 cm³/mol. The molecule has 0 spiro atoms. The van der Waals surface area contributed by atoms with E-state index in [2.05, 4.69) is 45.5 Å². The van der Waals surface area contributed by atoms with Gasteiger partial charge in [0.25, 0.3) is 0 Å². The Bertz CT molecular complexity index is 3380. The Morgan fingerprint density at radius 2 is 0.892 bits per heavy atom. The Hall–Kier alpha value is -6.96. The van der Waals surface area contributed by atoms with Gasteiger partial charge < -0.3 is 37.7 Å². The van der Waals surface area contributed by atoms with Crippen LogP contribution in [0.3, 0.4) is 0 Å². The summed E-state index contributed by atoms with van der Waals surface area (Å²) in [6.45, 7) is 13.9. The number of aryl methyl sites for hydroxylation is 2. The second-order valence-electron chi connectivity index (χ2n) is 21.2. The second kappa shape index (κ2) is 19.7. The third-order valence-corrected chi connectivity index (χ3v) is 15.4. The number of hydrogen-bond donors (Lipinski definition) is 2. The van der Waals surface area contributed by atoms with Gasteiger partial charge in [0.1, 0.15) is 23.2 Å². The van der Waals surface area contributed by atoms with Crippen LogP contribution < -0.4 is 0 Å². The number of rotatable bonds is 10. The zero-order valence-corrected chi connectivity index (χ0v) is 42.7. The van der Waals surface area contributed by atoms with E-state index in [1.807, 2.05) is 74.8 Å². The Morgan fingerprint density at radius 1 is 0.514 bits per heavy atom. The lowest BCUT2D eigenvalue weighted by Gasteiger charge is -2.33. The van der Waals surface area contributed by atoms with Gasteiger partial charge in [-0.3, -0.25) is 9.97 Å². The third kappa shape index (κ3) is 9.33. The molecule has 380 valence electrons. The summed E-state index contributed by atoms with van der Waals surface area (Å²) >= 11 is 0. The van der Waals surface area contributed by atoms with E-state index in [1.54, 1.807) is 40.2 Å². The highest BCUT2D eigenvalue weighted by atomic mass is 19.1. The molecule has 4 aromatic carbocycles. The summed E-state index contributed by atoms with van der Waals surface area (Å²) in [5.41, 5.74) is 11.6. The maximum Gasteiger partial charge on any atom is 0.123 e. The topological polar surface area (TPSA) is 121 Å². The van der Waals surface area contributed by atoms with Gasteiger partial charge in [0, 0.05) is 71.8 Å². The van der Waals surface area contributed by atoms with Gasteiger partial charge in [-0.1, -0.05) is 48.5 Å². The summed E-state index contributed by atoms with van der Waals surface area (Å²) < 4.78 is 55.3. The molecule has 2 N–H and O–H groups in total. The van der Waals surface area contributed by atoms with Crippen molar-refractivity contribution in [1.82, 2.24) is 19.1 Å². The first-order chi connectivity index (χ1) is 35.6. The number of fused-ring (bicyclic) bond motifs is 6. The SMILES string of the molecule is Cc1occc1-c1cnc2c3ccc(C(C)(C)O)cc3n(C(c3ccc(F)cc3)C3CCOCC3)c2c1.Cc1occc1-c1cnc2c3ccc(C(C)(C)O)cc3n(C(c3ccc(F)cc3)C3CCOCC3)c2c1. The third-order valence-electron chi connectivity index (χ3n) is 15.4. The molecule has 2 aliphatic heterocycles. The molecule has 0 aliphatic carbocycles. The van der Waals surface area contributed by atoms with Crippen molar-refractivity contribution in [3.63, 3.8) is 0 Å². The van der Waals surface area contributed by atoms with E-state index in [1.165, 1.54) is 24.3 Å². The van der Waals surface area contributed by atoms with E-state index in [0.717, 1.165) is 126 Å². The minimum absolute atomic E-state index is 0.0518. The first-order valence-corrected chi connectivity index (χ1v) is 25.7. The van der Waals surface area contributed by atoms with E-state index in [0.29, 0.717) is 38.3 Å². The lowest BCUT2D eigenvalue weighted by molar-refractivity contribution is 0.0551. The summed E-state index contributed by atoms with van der Waals surface area (Å²) in [7, 11) is 0. The van der Waals surface area contributed by atoms with Crippen LogP contribution in [0, 0.1) is 37.3 Å². The minimum Gasteiger partial charge on any atom is -0.469 e. The molecule has 8 heterocycles. The normalized spacial score (nSPS) is 16.0. The molecule has 0 bridgehead atoms. The van der Waals surface area contributed by atoms with Gasteiger partial charge in [-0.25, -0.2) is 8.78 Å². The van der Waals surface area contributed by atoms with Crippen LogP contribution in [0.25, 0.3) is 66.1 Å². The fourth-order valence-corrected chi connectivity index (χ4v) is 11.5. The molecule has 0 saturated carbocycles. The van der Waals surface area contributed by atoms with Gasteiger partial charge in [0.05, 0.1) is 68.9 Å². The quantitative estimate of drug-likeness (QED) is 0.139. The summed E-state index contributed by atoms with van der Waals surface area (Å²) in [5.74, 6) is 1.77. The number of hydrogen-bond acceptors (Lipinski definition) is 8. The maximum absolute atomic E-state index is 14.0. The molecule has 74 heavy (non-hydrogen) atoms. The average Bonchev–Trinajstić information content (AvgIpc) is 4.18. The molecule has 12 heteroatoms. The van der Waals surface area contributed by atoms with Gasteiger partial charge in [-0.05, 0) is 162 Å². The Kier molecular flexibility index (Phi) is 13.1. The van der Waals surface area contributed by atoms with Crippen LogP contribution in [0.2, 0.25) is 0 Å². The number of pyridine rings is 2. The number of aliphatic hydroxyl groups is 2. The molecule has 2 unspecified atom stereocenters. The van der Waals surface area contributed by atoms with E-state index in [-0.39, 0.29) is 23.7 Å². The number of aromatic nitrogens is 4. The summed E-state index contributed by atoms with van der Waals surface area (Å²) in [6, 6.07) is 34.1. The standard InChI is InChI=1S/2C31H31FN2O3/c2*1-19-25(12-15-37-19)22-16-28-29(33-18-22)26-9-6-23(31(2,3)35)17-27(26)34(28)30(21-10-13-36-14-11-21)20-4-7-24(32)8-5-20/h2*4-9,12,15-18,21,30,35H,10-11,13-14H2,1-3H3. The summed E-state index contributed by atoms with van der Waals surface area (Å²) in [5, 5.41) is 23.8. The lowest BCUT2D eigenvalue weighted by Crippen LogP contribution is -2.27. The second-order valence-corrected chi connectivity index (χ2v) is 21.2. The number of ether oxygens (including phenoxy) is 2. The van der Waals surface area contributed by atoms with Gasteiger partial charge in [-0.15, -0.1) is 0 Å². The Morgan fingerprint density at radius 3 is 1.23 bits per heavy atom. The van der Waals surface area contributed by atoms with Crippen LogP contribution >= 0.6 is 0 Å². The minimum atomic E-state index is -0.994. The summed E-state index contributed by atoms with van der Waals surface area (Å²) in [4.78, 5) is 9.89. The molecule has 10 aromatic rings. The van der Waals surface area contributed by atoms with Crippen LogP contribution in [0.1, 0.15) is 99.2 Å². The highest BCUT2D eigenvalue weighted by Gasteiger charge is 2.33. The van der Waals surface area contributed by atoms with Gasteiger partial charge in [0.15, 0.2) is 0 Å². The van der Waals surface area contributed by atoms with Crippen molar-refractivity contribution in [2.24, 2.45) is 11.8 Å². The predicted octanol–water partition coefficient (Wildman–Crippen LogP) is 14.3. The Balaban J connectivity index is 0.000000159. The van der Waals surface area contributed by atoms with Crippen molar-refractivity contribution in [1.29, 1.82) is 0 Å². The Labute approximate surface area is 429 Å². The molecule has 10 nitrogen and oxygen atoms in total. The molecule has 2 saturated heterocycles. The highest BCUT2D eigenvalue weighted by Crippen LogP contribution is 2.45. The van der Waals surface area contributed by atoms with Crippen molar-refractivity contribution in [3.8, 4) is 22.3 Å². The van der Waals surface area contributed by atoms with E-state index < -0.39 is 11.2 Å². The summed E-state index contributed by atoms with van der Waals surface area (Å²) in [6.07, 6.45) is 10.8. The molecule has 2 atom stereocenters. The van der Waals surface area contributed by atoms with Crippen LogP contribution in [0.15, 0.2) is 143 Å². The van der Waals surface area contributed by atoms with Crippen LogP contribution in [0.5, 0.6) is 0 Å². The fraction of sp³-hybridized carbons (Fsp3) is 0.323. The van der Waals surface area contributed by atoms with Crippen LogP contribution in [-0.4, -0.2) is 55.7 Å². The largest absolute Gasteiger partial charge is 0.469 e. The van der Waals surface area contributed by atoms with Crippen molar-refractivity contribution in [3.05, 3.63) is 180 Å². The van der Waals surface area contributed by atoms with E-state index >= 15 is 0 Å². The molecule has 12 rings (SSSR count). The number of nitrogens with zero attached hydrogens (tertiary/aromatic N) is 4. The zero-order valence-electron chi connectivity index (χ0n) is 42.7. The molecule has 6 aromatic heterocycles. The van der Waals surface area contributed by atoms with Crippen molar-refractivity contribution in [2.45, 2.75) is 90.5 Å². The first-order valence-electron chi connectivity index (χ1n) is 25.7. The molecular weight excluding hydrogens is 935 g/mol. The smallest absolute Gasteiger partial charge is 0.123 e. The van der Waals surface area contributed by atoms with Crippen molar-refractivity contribution in [2.75, 3.05) is 26.4 Å².